The number of hydrogen-bond acceptors (Lipinski definition) is 6. The first-order valence-corrected chi connectivity index (χ1v) is 10.0. The molecular formula is C11H9Cl7NO6P. The van der Waals surface area contributed by atoms with Gasteiger partial charge >= 0.3 is 11.7 Å². The number of alkyl halides is 3. The van der Waals surface area contributed by atoms with Gasteiger partial charge in [-0.3, -0.25) is 19.2 Å². The maximum absolute atomic E-state index is 11.9. The Balaban J connectivity index is 0.000000758. The van der Waals surface area contributed by atoms with Crippen molar-refractivity contribution in [2.75, 3.05) is 14.2 Å². The van der Waals surface area contributed by atoms with E-state index < -0.39 is 16.7 Å². The Hall–Kier alpha value is 0.340. The molecule has 0 aliphatic carbocycles. The monoisotopic (exact) mass is 527 g/mol. The van der Waals surface area contributed by atoms with Crippen LogP contribution >= 0.6 is 89.0 Å². The van der Waals surface area contributed by atoms with E-state index in [0.29, 0.717) is 5.56 Å². The van der Waals surface area contributed by atoms with Crippen LogP contribution in [0.1, 0.15) is 5.56 Å². The highest BCUT2D eigenvalue weighted by atomic mass is 35.6. The van der Waals surface area contributed by atoms with Gasteiger partial charge in [0, 0.05) is 25.3 Å². The summed E-state index contributed by atoms with van der Waals surface area (Å²) >= 11 is 37.4. The maximum atomic E-state index is 11.9. The van der Waals surface area contributed by atoms with Gasteiger partial charge in [-0.05, 0) is 46.9 Å². The van der Waals surface area contributed by atoms with Crippen LogP contribution in [0.3, 0.4) is 0 Å². The van der Waals surface area contributed by atoms with E-state index in [0.717, 1.165) is 5.54 Å². The summed E-state index contributed by atoms with van der Waals surface area (Å²) in [5.41, 5.74) is 1.34. The van der Waals surface area contributed by atoms with Gasteiger partial charge < -0.3 is 4.52 Å². The SMILES string of the molecule is COP(=O)(OC)O/C(=C\Cl)c1cc(Cl)c(Cl)cc1Cl.O=[N+]([O-])C(Cl)(Cl)Cl. The molecule has 0 saturated heterocycles. The van der Waals surface area contributed by atoms with Crippen LogP contribution in [0.5, 0.6) is 0 Å². The van der Waals surface area contributed by atoms with Crippen molar-refractivity contribution in [3.63, 3.8) is 0 Å². The maximum Gasteiger partial charge on any atom is 0.529 e. The van der Waals surface area contributed by atoms with Crippen molar-refractivity contribution < 1.29 is 23.1 Å². The lowest BCUT2D eigenvalue weighted by Gasteiger charge is -2.17. The molecule has 0 aliphatic rings. The second kappa shape index (κ2) is 11.4. The molecule has 0 atom stereocenters. The molecule has 15 heteroatoms. The number of hydrogen-bond donors (Lipinski definition) is 0. The smallest absolute Gasteiger partial charge is 0.402 e. The number of phosphoric acid groups is 1. The Labute approximate surface area is 183 Å². The van der Waals surface area contributed by atoms with Crippen molar-refractivity contribution in [2.45, 2.75) is 3.92 Å². The van der Waals surface area contributed by atoms with E-state index in [9.17, 15) is 14.7 Å². The Morgan fingerprint density at radius 2 is 1.54 bits per heavy atom. The lowest BCUT2D eigenvalue weighted by molar-refractivity contribution is -0.491. The number of phosphoric ester groups is 1. The number of benzene rings is 1. The molecule has 148 valence electrons. The molecule has 1 aromatic carbocycles. The Morgan fingerprint density at radius 3 is 1.88 bits per heavy atom. The molecule has 26 heavy (non-hydrogen) atoms. The van der Waals surface area contributed by atoms with Crippen molar-refractivity contribution in [1.82, 2.24) is 0 Å². The molecule has 0 bridgehead atoms. The summed E-state index contributed by atoms with van der Waals surface area (Å²) in [6.45, 7) is 0. The van der Waals surface area contributed by atoms with E-state index in [1.807, 2.05) is 0 Å². The molecule has 0 radical (unpaired) electrons. The van der Waals surface area contributed by atoms with Gasteiger partial charge in [0.1, 0.15) is 0 Å². The zero-order valence-corrected chi connectivity index (χ0v) is 18.9. The molecular weight excluding hydrogens is 521 g/mol. The minimum absolute atomic E-state index is 0.0164. The molecule has 0 saturated carbocycles. The van der Waals surface area contributed by atoms with E-state index in [-0.39, 0.29) is 20.8 Å². The summed E-state index contributed by atoms with van der Waals surface area (Å²) in [6.07, 6.45) is 0. The molecule has 7 nitrogen and oxygen atoms in total. The van der Waals surface area contributed by atoms with E-state index in [1.54, 1.807) is 0 Å². The van der Waals surface area contributed by atoms with Gasteiger partial charge in [-0.25, -0.2) is 4.57 Å². The molecule has 0 N–H and O–H groups in total. The number of nitrogens with zero attached hydrogens (tertiary/aromatic N) is 1. The van der Waals surface area contributed by atoms with Gasteiger partial charge in [0.05, 0.1) is 20.0 Å². The van der Waals surface area contributed by atoms with Crippen LogP contribution in [0.25, 0.3) is 5.76 Å². The normalized spacial score (nSPS) is 12.3. The van der Waals surface area contributed by atoms with Gasteiger partial charge in [-0.2, -0.15) is 0 Å². The molecule has 1 rings (SSSR count). The first kappa shape index (κ1) is 26.3. The van der Waals surface area contributed by atoms with Crippen molar-refractivity contribution in [3.8, 4) is 0 Å². The summed E-state index contributed by atoms with van der Waals surface area (Å²) in [4.78, 5) is 8.41. The first-order chi connectivity index (χ1) is 11.8. The topological polar surface area (TPSA) is 87.9 Å². The van der Waals surface area contributed by atoms with Gasteiger partial charge in [-0.15, -0.1) is 0 Å². The van der Waals surface area contributed by atoms with Gasteiger partial charge in [0.25, 0.3) is 0 Å². The standard InChI is InChI=1S/C10H9Cl4O4P.CCl3NO2/c1-16-19(15,17-2)18-10(5-11)6-3-8(13)9(14)4-7(6)12;2-1(3,4)5(6)7/h3-5H,1-2H3;/b10-5-;. The van der Waals surface area contributed by atoms with Crippen molar-refractivity contribution >= 4 is 94.8 Å². The lowest BCUT2D eigenvalue weighted by Crippen LogP contribution is -2.15. The fourth-order valence-electron chi connectivity index (χ4n) is 1.11. The average molecular weight is 530 g/mol. The fourth-order valence-corrected chi connectivity index (χ4v) is 2.66. The minimum atomic E-state index is -3.75. The van der Waals surface area contributed by atoms with Crippen molar-refractivity contribution in [3.05, 3.63) is 48.4 Å². The predicted molar refractivity (Wildman–Crippen MR) is 105 cm³/mol. The molecule has 1 aromatic rings. The second-order valence-electron chi connectivity index (χ2n) is 3.85. The predicted octanol–water partition coefficient (Wildman–Crippen LogP) is 7.19. The van der Waals surface area contributed by atoms with E-state index in [1.165, 1.54) is 26.4 Å². The van der Waals surface area contributed by atoms with Crippen LogP contribution in [0.15, 0.2) is 17.7 Å². The highest BCUT2D eigenvalue weighted by Gasteiger charge is 2.33. The summed E-state index contributed by atoms with van der Waals surface area (Å²) in [5.74, 6) is -0.0164. The molecule has 0 heterocycles. The Bertz CT molecular complexity index is 716. The second-order valence-corrected chi connectivity index (χ2v) is 9.32. The molecule has 0 aliphatic heterocycles. The van der Waals surface area contributed by atoms with Gasteiger partial charge in [0.2, 0.25) is 0 Å². The summed E-state index contributed by atoms with van der Waals surface area (Å²) in [5, 5.41) is 10.2. The summed E-state index contributed by atoms with van der Waals surface area (Å²) < 4.78 is 23.9. The van der Waals surface area contributed by atoms with Gasteiger partial charge in [-0.1, -0.05) is 46.4 Å². The highest BCUT2D eigenvalue weighted by Crippen LogP contribution is 2.52. The number of halogens is 7. The minimum Gasteiger partial charge on any atom is -0.402 e. The third-order valence-electron chi connectivity index (χ3n) is 2.24. The van der Waals surface area contributed by atoms with Crippen molar-refractivity contribution in [2.24, 2.45) is 0 Å². The third kappa shape index (κ3) is 8.57. The first-order valence-electron chi connectivity index (χ1n) is 5.89. The zero-order chi connectivity index (χ0) is 20.7. The Kier molecular flexibility index (Phi) is 11.5. The van der Waals surface area contributed by atoms with Crippen LogP contribution in [-0.2, 0) is 18.1 Å². The third-order valence-corrected chi connectivity index (χ3v) is 5.20. The van der Waals surface area contributed by atoms with Crippen LogP contribution in [0.2, 0.25) is 15.1 Å². The Morgan fingerprint density at radius 1 is 1.12 bits per heavy atom. The van der Waals surface area contributed by atoms with Crippen molar-refractivity contribution in [1.29, 1.82) is 0 Å². The molecule has 0 fully saturated rings. The summed E-state index contributed by atoms with van der Waals surface area (Å²) in [7, 11) is -1.41. The molecule has 0 aromatic heterocycles. The van der Waals surface area contributed by atoms with Gasteiger partial charge in [0.15, 0.2) is 5.76 Å². The van der Waals surface area contributed by atoms with Crippen LogP contribution in [0.4, 0.5) is 0 Å². The fraction of sp³-hybridized carbons (Fsp3) is 0.273. The highest BCUT2D eigenvalue weighted by molar-refractivity contribution is 7.48. The average Bonchev–Trinajstić information content (AvgIpc) is 2.55. The largest absolute Gasteiger partial charge is 0.529 e. The molecule has 0 unspecified atom stereocenters. The molecule has 0 spiro atoms. The van der Waals surface area contributed by atoms with E-state index in [4.69, 9.17) is 85.7 Å². The number of rotatable bonds is 5. The van der Waals surface area contributed by atoms with Crippen LogP contribution in [-0.4, -0.2) is 23.1 Å². The molecule has 0 amide bonds. The zero-order valence-electron chi connectivity index (χ0n) is 12.7. The summed E-state index contributed by atoms with van der Waals surface area (Å²) in [6, 6.07) is 2.84. The van der Waals surface area contributed by atoms with Crippen LogP contribution < -0.4 is 0 Å². The lowest BCUT2D eigenvalue weighted by atomic mass is 10.2. The van der Waals surface area contributed by atoms with Crippen LogP contribution in [0, 0.1) is 10.1 Å². The van der Waals surface area contributed by atoms with E-state index in [2.05, 4.69) is 9.05 Å². The van der Waals surface area contributed by atoms with E-state index >= 15 is 0 Å². The number of nitro groups is 1. The quantitative estimate of drug-likeness (QED) is 0.0762.